The molecule has 1 fully saturated rings. The molecule has 5 nitrogen and oxygen atoms in total. The molecule has 0 spiro atoms. The van der Waals surface area contributed by atoms with Crippen LogP contribution in [0.4, 0.5) is 5.69 Å². The predicted octanol–water partition coefficient (Wildman–Crippen LogP) is 0.417. The molecule has 1 aliphatic heterocycles. The number of nitrogens with zero attached hydrogens (tertiary/aromatic N) is 2. The molecule has 1 unspecified atom stereocenters. The highest BCUT2D eigenvalue weighted by Gasteiger charge is 2.18. The fourth-order valence-corrected chi connectivity index (χ4v) is 2.27. The molecule has 5 heteroatoms. The van der Waals surface area contributed by atoms with Crippen molar-refractivity contribution in [3.05, 3.63) is 24.0 Å². The van der Waals surface area contributed by atoms with Crippen molar-refractivity contribution in [2.24, 2.45) is 0 Å². The van der Waals surface area contributed by atoms with E-state index in [-0.39, 0.29) is 11.9 Å². The largest absolute Gasteiger partial charge is 0.397 e. The zero-order chi connectivity index (χ0) is 13.0. The quantitative estimate of drug-likeness (QED) is 0.813. The van der Waals surface area contributed by atoms with Crippen molar-refractivity contribution < 1.29 is 4.79 Å². The zero-order valence-corrected chi connectivity index (χ0v) is 10.7. The fraction of sp³-hybridized carbons (Fsp3) is 0.538. The SMILES string of the molecule is CN1CCCC(NC(=O)Cc2ccc(N)cn2)C1. The number of carbonyl (C=O) groups excluding carboxylic acids is 1. The van der Waals surface area contributed by atoms with Crippen LogP contribution in [0.1, 0.15) is 18.5 Å². The van der Waals surface area contributed by atoms with Gasteiger partial charge in [0.2, 0.25) is 5.91 Å². The molecule has 0 bridgehead atoms. The van der Waals surface area contributed by atoms with Crippen molar-refractivity contribution in [2.45, 2.75) is 25.3 Å². The maximum Gasteiger partial charge on any atom is 0.226 e. The molecule has 2 rings (SSSR count). The summed E-state index contributed by atoms with van der Waals surface area (Å²) in [5, 5.41) is 3.06. The van der Waals surface area contributed by atoms with Crippen molar-refractivity contribution in [2.75, 3.05) is 25.9 Å². The van der Waals surface area contributed by atoms with Crippen LogP contribution >= 0.6 is 0 Å². The van der Waals surface area contributed by atoms with Gasteiger partial charge in [-0.05, 0) is 38.6 Å². The average molecular weight is 248 g/mol. The van der Waals surface area contributed by atoms with Gasteiger partial charge in [-0.15, -0.1) is 0 Å². The molecule has 0 radical (unpaired) electrons. The first-order valence-electron chi connectivity index (χ1n) is 6.32. The van der Waals surface area contributed by atoms with E-state index >= 15 is 0 Å². The van der Waals surface area contributed by atoms with Crippen LogP contribution in [-0.2, 0) is 11.2 Å². The number of rotatable bonds is 3. The number of pyridine rings is 1. The van der Waals surface area contributed by atoms with Crippen molar-refractivity contribution in [3.8, 4) is 0 Å². The molecule has 2 heterocycles. The summed E-state index contributed by atoms with van der Waals surface area (Å²) in [4.78, 5) is 18.2. The molecular formula is C13H20N4O. The smallest absolute Gasteiger partial charge is 0.226 e. The highest BCUT2D eigenvalue weighted by atomic mass is 16.1. The number of anilines is 1. The number of hydrogen-bond acceptors (Lipinski definition) is 4. The number of nitrogen functional groups attached to an aromatic ring is 1. The predicted molar refractivity (Wildman–Crippen MR) is 71.0 cm³/mol. The van der Waals surface area contributed by atoms with Gasteiger partial charge >= 0.3 is 0 Å². The molecule has 1 saturated heterocycles. The summed E-state index contributed by atoms with van der Waals surface area (Å²) in [6.07, 6.45) is 4.10. The van der Waals surface area contributed by atoms with Crippen molar-refractivity contribution >= 4 is 11.6 Å². The van der Waals surface area contributed by atoms with Crippen LogP contribution in [0.3, 0.4) is 0 Å². The Kier molecular flexibility index (Phi) is 4.15. The van der Waals surface area contributed by atoms with Gasteiger partial charge in [0.1, 0.15) is 0 Å². The number of nitrogens with one attached hydrogen (secondary N) is 1. The van der Waals surface area contributed by atoms with Gasteiger partial charge in [0.25, 0.3) is 0 Å². The highest BCUT2D eigenvalue weighted by molar-refractivity contribution is 5.78. The summed E-state index contributed by atoms with van der Waals surface area (Å²) in [5.74, 6) is 0.0348. The fourth-order valence-electron chi connectivity index (χ4n) is 2.27. The number of nitrogens with two attached hydrogens (primary N) is 1. The molecule has 1 aromatic heterocycles. The molecule has 1 aromatic rings. The molecule has 0 aliphatic carbocycles. The molecule has 98 valence electrons. The monoisotopic (exact) mass is 248 g/mol. The second-order valence-corrected chi connectivity index (χ2v) is 4.93. The van der Waals surface area contributed by atoms with E-state index in [1.165, 1.54) is 0 Å². The van der Waals surface area contributed by atoms with Crippen LogP contribution in [0.2, 0.25) is 0 Å². The van der Waals surface area contributed by atoms with Gasteiger partial charge in [0.15, 0.2) is 0 Å². The van der Waals surface area contributed by atoms with Crippen molar-refractivity contribution in [3.63, 3.8) is 0 Å². The van der Waals surface area contributed by atoms with E-state index in [0.717, 1.165) is 31.6 Å². The zero-order valence-electron chi connectivity index (χ0n) is 10.7. The lowest BCUT2D eigenvalue weighted by molar-refractivity contribution is -0.121. The summed E-state index contributed by atoms with van der Waals surface area (Å²) in [6, 6.07) is 3.83. The van der Waals surface area contributed by atoms with E-state index in [2.05, 4.69) is 22.2 Å². The minimum atomic E-state index is 0.0348. The first kappa shape index (κ1) is 12.8. The van der Waals surface area contributed by atoms with Gasteiger partial charge < -0.3 is 16.0 Å². The number of likely N-dealkylation sites (tertiary alicyclic amines) is 1. The summed E-state index contributed by atoms with van der Waals surface area (Å²) < 4.78 is 0. The molecule has 18 heavy (non-hydrogen) atoms. The number of carbonyl (C=O) groups is 1. The van der Waals surface area contributed by atoms with E-state index in [4.69, 9.17) is 5.73 Å². The number of likely N-dealkylation sites (N-methyl/N-ethyl adjacent to an activating group) is 1. The molecular weight excluding hydrogens is 228 g/mol. The number of piperidine rings is 1. The Morgan fingerprint density at radius 2 is 2.44 bits per heavy atom. The van der Waals surface area contributed by atoms with Crippen LogP contribution in [0.15, 0.2) is 18.3 Å². The van der Waals surface area contributed by atoms with Crippen LogP contribution in [0.25, 0.3) is 0 Å². The first-order valence-corrected chi connectivity index (χ1v) is 6.32. The Morgan fingerprint density at radius 3 is 3.11 bits per heavy atom. The van der Waals surface area contributed by atoms with Crippen LogP contribution in [0.5, 0.6) is 0 Å². The topological polar surface area (TPSA) is 71.2 Å². The Balaban J connectivity index is 1.83. The molecule has 0 saturated carbocycles. The maximum absolute atomic E-state index is 11.9. The number of amides is 1. The minimum absolute atomic E-state index is 0.0348. The van der Waals surface area contributed by atoms with Crippen LogP contribution in [0, 0.1) is 0 Å². The first-order chi connectivity index (χ1) is 8.63. The number of aromatic nitrogens is 1. The summed E-state index contributed by atoms with van der Waals surface area (Å²) in [5.41, 5.74) is 6.93. The Labute approximate surface area is 107 Å². The molecule has 1 amide bonds. The third-order valence-electron chi connectivity index (χ3n) is 3.18. The molecule has 1 atom stereocenters. The van der Waals surface area contributed by atoms with Crippen molar-refractivity contribution in [1.29, 1.82) is 0 Å². The van der Waals surface area contributed by atoms with E-state index in [0.29, 0.717) is 12.1 Å². The lowest BCUT2D eigenvalue weighted by Gasteiger charge is -2.30. The summed E-state index contributed by atoms with van der Waals surface area (Å²) >= 11 is 0. The molecule has 3 N–H and O–H groups in total. The molecule has 0 aromatic carbocycles. The van der Waals surface area contributed by atoms with Crippen LogP contribution < -0.4 is 11.1 Å². The van der Waals surface area contributed by atoms with E-state index < -0.39 is 0 Å². The van der Waals surface area contributed by atoms with Gasteiger partial charge in [-0.25, -0.2) is 0 Å². The second kappa shape index (κ2) is 5.82. The Bertz CT molecular complexity index is 404. The van der Waals surface area contributed by atoms with E-state index in [1.54, 1.807) is 18.3 Å². The minimum Gasteiger partial charge on any atom is -0.397 e. The summed E-state index contributed by atoms with van der Waals surface area (Å²) in [7, 11) is 2.08. The highest BCUT2D eigenvalue weighted by Crippen LogP contribution is 2.08. The lowest BCUT2D eigenvalue weighted by Crippen LogP contribution is -2.46. The maximum atomic E-state index is 11.9. The van der Waals surface area contributed by atoms with Crippen molar-refractivity contribution in [1.82, 2.24) is 15.2 Å². The standard InChI is InChI=1S/C13H20N4O/c1-17-6-2-3-12(9-17)16-13(18)7-11-5-4-10(14)8-15-11/h4-5,8,12H,2-3,6-7,9,14H2,1H3,(H,16,18). The molecule has 1 aliphatic rings. The lowest BCUT2D eigenvalue weighted by atomic mass is 10.1. The second-order valence-electron chi connectivity index (χ2n) is 4.93. The van der Waals surface area contributed by atoms with Gasteiger partial charge in [0.05, 0.1) is 18.3 Å². The van der Waals surface area contributed by atoms with E-state index in [1.807, 2.05) is 0 Å². The Hall–Kier alpha value is -1.62. The Morgan fingerprint density at radius 1 is 1.61 bits per heavy atom. The van der Waals surface area contributed by atoms with Crippen LogP contribution in [-0.4, -0.2) is 42.0 Å². The average Bonchev–Trinajstić information content (AvgIpc) is 2.32. The third-order valence-corrected chi connectivity index (χ3v) is 3.18. The van der Waals surface area contributed by atoms with Gasteiger partial charge in [-0.2, -0.15) is 0 Å². The van der Waals surface area contributed by atoms with E-state index in [9.17, 15) is 4.79 Å². The van der Waals surface area contributed by atoms with Gasteiger partial charge in [0, 0.05) is 18.3 Å². The summed E-state index contributed by atoms with van der Waals surface area (Å²) in [6.45, 7) is 2.05. The number of hydrogen-bond donors (Lipinski definition) is 2. The van der Waals surface area contributed by atoms with Gasteiger partial charge in [-0.3, -0.25) is 9.78 Å². The third kappa shape index (κ3) is 3.70. The van der Waals surface area contributed by atoms with Gasteiger partial charge in [-0.1, -0.05) is 0 Å². The normalized spacial score (nSPS) is 20.6.